The number of carbonyl (C=O) groups is 1. The third-order valence-electron chi connectivity index (χ3n) is 2.73. The number of pyridine rings is 1. The van der Waals surface area contributed by atoms with Crippen LogP contribution in [0.1, 0.15) is 15.9 Å². The van der Waals surface area contributed by atoms with Gasteiger partial charge in [0.05, 0.1) is 15.7 Å². The Balaban J connectivity index is 2.35. The molecule has 21 heavy (non-hydrogen) atoms. The highest BCUT2D eigenvalue weighted by atomic mass is 35.5. The van der Waals surface area contributed by atoms with Gasteiger partial charge in [-0.1, -0.05) is 40.9 Å². The Kier molecular flexibility index (Phi) is 4.90. The van der Waals surface area contributed by atoms with Gasteiger partial charge in [0.1, 0.15) is 11.0 Å². The molecule has 0 saturated heterocycles. The average molecular weight is 346 g/mol. The van der Waals surface area contributed by atoms with Crippen LogP contribution in [0.2, 0.25) is 15.2 Å². The highest BCUT2D eigenvalue weighted by molar-refractivity contribution is 6.40. The first-order valence-corrected chi connectivity index (χ1v) is 6.96. The van der Waals surface area contributed by atoms with Gasteiger partial charge in [-0.2, -0.15) is 0 Å². The lowest BCUT2D eigenvalue weighted by Crippen LogP contribution is -2.15. The third kappa shape index (κ3) is 3.57. The number of nitrogen functional groups attached to an aromatic ring is 1. The van der Waals surface area contributed by atoms with Crippen LogP contribution in [0.5, 0.6) is 0 Å². The van der Waals surface area contributed by atoms with Crippen LogP contribution in [-0.4, -0.2) is 10.9 Å². The number of nitrogens with two attached hydrogens (primary N) is 1. The fourth-order valence-electron chi connectivity index (χ4n) is 1.66. The highest BCUT2D eigenvalue weighted by Crippen LogP contribution is 2.33. The Labute approximate surface area is 136 Å². The van der Waals surface area contributed by atoms with Crippen molar-refractivity contribution >= 4 is 52.2 Å². The largest absolute Gasteiger partial charge is 0.319 e. The molecule has 0 radical (unpaired) electrons. The number of hydrogen-bond donors (Lipinski definition) is 3. The van der Waals surface area contributed by atoms with Gasteiger partial charge in [0.25, 0.3) is 5.91 Å². The number of nitrogens with one attached hydrogen (secondary N) is 2. The second kappa shape index (κ2) is 6.49. The fraction of sp³-hybridized carbons (Fsp3) is 0.0769. The van der Waals surface area contributed by atoms with E-state index >= 15 is 0 Å². The molecule has 1 heterocycles. The van der Waals surface area contributed by atoms with Gasteiger partial charge >= 0.3 is 0 Å². The summed E-state index contributed by atoms with van der Waals surface area (Å²) >= 11 is 18.0. The molecule has 2 rings (SSSR count). The molecular formula is C13H11Cl3N4O. The Bertz CT molecular complexity index is 706. The number of hydrazine groups is 1. The Morgan fingerprint density at radius 1 is 1.24 bits per heavy atom. The van der Waals surface area contributed by atoms with Gasteiger partial charge in [-0.05, 0) is 30.7 Å². The van der Waals surface area contributed by atoms with Crippen molar-refractivity contribution in [1.29, 1.82) is 0 Å². The maximum Gasteiger partial charge on any atom is 0.255 e. The molecule has 110 valence electrons. The van der Waals surface area contributed by atoms with Gasteiger partial charge in [-0.25, -0.2) is 10.8 Å². The lowest BCUT2D eigenvalue weighted by Gasteiger charge is -2.11. The summed E-state index contributed by atoms with van der Waals surface area (Å²) in [7, 11) is 0. The zero-order valence-electron chi connectivity index (χ0n) is 10.9. The van der Waals surface area contributed by atoms with Crippen LogP contribution >= 0.6 is 34.8 Å². The van der Waals surface area contributed by atoms with Crippen LogP contribution in [-0.2, 0) is 0 Å². The van der Waals surface area contributed by atoms with Gasteiger partial charge in [0.15, 0.2) is 0 Å². The summed E-state index contributed by atoms with van der Waals surface area (Å²) in [6.45, 7) is 1.81. The molecule has 4 N–H and O–H groups in total. The minimum Gasteiger partial charge on any atom is -0.319 e. The molecule has 2 aromatic rings. The van der Waals surface area contributed by atoms with Gasteiger partial charge in [0, 0.05) is 5.56 Å². The number of halogens is 3. The molecule has 0 aliphatic rings. The van der Waals surface area contributed by atoms with Crippen LogP contribution in [0.25, 0.3) is 0 Å². The van der Waals surface area contributed by atoms with Crippen LogP contribution < -0.4 is 16.6 Å². The van der Waals surface area contributed by atoms with Gasteiger partial charge < -0.3 is 10.7 Å². The Morgan fingerprint density at radius 2 is 1.95 bits per heavy atom. The van der Waals surface area contributed by atoms with E-state index in [1.165, 1.54) is 12.1 Å². The van der Waals surface area contributed by atoms with Crippen molar-refractivity contribution in [2.45, 2.75) is 6.92 Å². The molecule has 5 nitrogen and oxygen atoms in total. The summed E-state index contributed by atoms with van der Waals surface area (Å²) in [6.07, 6.45) is 0. The number of anilines is 2. The number of benzene rings is 1. The minimum absolute atomic E-state index is 0.136. The molecule has 0 unspecified atom stereocenters. The number of rotatable bonds is 3. The second-order valence-corrected chi connectivity index (χ2v) is 5.39. The number of aromatic nitrogens is 1. The molecule has 1 aromatic heterocycles. The quantitative estimate of drug-likeness (QED) is 0.448. The summed E-state index contributed by atoms with van der Waals surface area (Å²) in [6, 6.07) is 6.29. The first-order valence-electron chi connectivity index (χ1n) is 5.82. The number of amides is 1. The molecule has 1 aromatic carbocycles. The van der Waals surface area contributed by atoms with E-state index in [4.69, 9.17) is 40.6 Å². The molecule has 0 spiro atoms. The van der Waals surface area contributed by atoms with Crippen LogP contribution in [0, 0.1) is 6.92 Å². The number of nitrogens with zero attached hydrogens (tertiary/aromatic N) is 1. The van der Waals surface area contributed by atoms with E-state index in [0.29, 0.717) is 15.7 Å². The van der Waals surface area contributed by atoms with E-state index in [1.54, 1.807) is 12.1 Å². The smallest absolute Gasteiger partial charge is 0.255 e. The summed E-state index contributed by atoms with van der Waals surface area (Å²) in [5.41, 5.74) is 3.75. The predicted molar refractivity (Wildman–Crippen MR) is 86.2 cm³/mol. The predicted octanol–water partition coefficient (Wildman–Crippen LogP) is 3.89. The zero-order chi connectivity index (χ0) is 15.6. The molecule has 8 heteroatoms. The van der Waals surface area contributed by atoms with Crippen molar-refractivity contribution < 1.29 is 4.79 Å². The van der Waals surface area contributed by atoms with Crippen LogP contribution in [0.3, 0.4) is 0 Å². The maximum absolute atomic E-state index is 12.3. The van der Waals surface area contributed by atoms with Crippen molar-refractivity contribution in [3.8, 4) is 0 Å². The van der Waals surface area contributed by atoms with E-state index < -0.39 is 5.91 Å². The zero-order valence-corrected chi connectivity index (χ0v) is 13.1. The standard InChI is InChI=1S/C13H11Cl3N4O/c1-6-2-3-8(14)12(11(6)16)19-13(21)7-4-9(15)18-10(5-7)20-17/h2-5H,17H2,1H3,(H,18,20)(H,19,21). The molecule has 0 aliphatic carbocycles. The Hall–Kier alpha value is -1.53. The topological polar surface area (TPSA) is 80.0 Å². The molecule has 0 atom stereocenters. The monoisotopic (exact) mass is 344 g/mol. The van der Waals surface area contributed by atoms with Crippen LogP contribution in [0.15, 0.2) is 24.3 Å². The maximum atomic E-state index is 12.3. The molecule has 0 bridgehead atoms. The molecule has 1 amide bonds. The number of aryl methyl sites for hydroxylation is 1. The summed E-state index contributed by atoms with van der Waals surface area (Å²) in [5, 5.41) is 3.52. The van der Waals surface area contributed by atoms with E-state index in [-0.39, 0.29) is 16.5 Å². The second-order valence-electron chi connectivity index (χ2n) is 4.22. The average Bonchev–Trinajstić information content (AvgIpc) is 2.46. The van der Waals surface area contributed by atoms with Crippen molar-refractivity contribution in [3.63, 3.8) is 0 Å². The van der Waals surface area contributed by atoms with E-state index in [2.05, 4.69) is 15.7 Å². The molecular weight excluding hydrogens is 335 g/mol. The summed E-state index contributed by atoms with van der Waals surface area (Å²) < 4.78 is 0. The van der Waals surface area contributed by atoms with E-state index in [9.17, 15) is 4.79 Å². The first kappa shape index (κ1) is 15.9. The van der Waals surface area contributed by atoms with Gasteiger partial charge in [-0.3, -0.25) is 4.79 Å². The fourth-order valence-corrected chi connectivity index (χ4v) is 2.33. The van der Waals surface area contributed by atoms with Gasteiger partial charge in [-0.15, -0.1) is 0 Å². The summed E-state index contributed by atoms with van der Waals surface area (Å²) in [5.74, 6) is 5.11. The van der Waals surface area contributed by atoms with Crippen molar-refractivity contribution in [2.24, 2.45) is 5.84 Å². The molecule has 0 fully saturated rings. The van der Waals surface area contributed by atoms with Crippen molar-refractivity contribution in [2.75, 3.05) is 10.7 Å². The lowest BCUT2D eigenvalue weighted by molar-refractivity contribution is 0.102. The van der Waals surface area contributed by atoms with Crippen molar-refractivity contribution in [1.82, 2.24) is 4.98 Å². The third-order valence-corrected chi connectivity index (χ3v) is 3.72. The normalized spacial score (nSPS) is 10.3. The SMILES string of the molecule is Cc1ccc(Cl)c(NC(=O)c2cc(Cl)nc(NN)c2)c1Cl. The minimum atomic E-state index is -0.426. The van der Waals surface area contributed by atoms with E-state index in [1.807, 2.05) is 6.92 Å². The molecule has 0 saturated carbocycles. The van der Waals surface area contributed by atoms with Gasteiger partial charge in [0.2, 0.25) is 0 Å². The van der Waals surface area contributed by atoms with Crippen molar-refractivity contribution in [3.05, 3.63) is 50.6 Å². The summed E-state index contributed by atoms with van der Waals surface area (Å²) in [4.78, 5) is 16.2. The number of hydrogen-bond acceptors (Lipinski definition) is 4. The molecule has 0 aliphatic heterocycles. The number of carbonyl (C=O) groups excluding carboxylic acids is 1. The van der Waals surface area contributed by atoms with Crippen LogP contribution in [0.4, 0.5) is 11.5 Å². The first-order chi connectivity index (χ1) is 9.92. The Morgan fingerprint density at radius 3 is 2.62 bits per heavy atom. The van der Waals surface area contributed by atoms with E-state index in [0.717, 1.165) is 5.56 Å². The highest BCUT2D eigenvalue weighted by Gasteiger charge is 2.14. The lowest BCUT2D eigenvalue weighted by atomic mass is 10.2.